The third kappa shape index (κ3) is 4.74. The number of non-ortho nitro benzene ring substituents is 1. The molecule has 2 aromatic rings. The number of ether oxygens (including phenoxy) is 1. The number of hydrogen-bond donors (Lipinski definition) is 1. The van der Waals surface area contributed by atoms with Gasteiger partial charge in [0, 0.05) is 12.1 Å². The summed E-state index contributed by atoms with van der Waals surface area (Å²) in [5, 5.41) is 13.0. The van der Waals surface area contributed by atoms with Crippen molar-refractivity contribution in [3.05, 3.63) is 69.0 Å². The first-order valence-corrected chi connectivity index (χ1v) is 7.37. The van der Waals surface area contributed by atoms with E-state index in [0.29, 0.717) is 0 Å². The van der Waals surface area contributed by atoms with E-state index in [9.17, 15) is 24.1 Å². The Kier molecular flexibility index (Phi) is 5.66. The largest absolute Gasteiger partial charge is 0.449 e. The number of esters is 1. The highest BCUT2D eigenvalue weighted by molar-refractivity contribution is 6.33. The summed E-state index contributed by atoms with van der Waals surface area (Å²) in [7, 11) is 0. The van der Waals surface area contributed by atoms with Gasteiger partial charge in [0.2, 0.25) is 0 Å². The van der Waals surface area contributed by atoms with E-state index in [1.54, 1.807) is 0 Å². The van der Waals surface area contributed by atoms with Crippen LogP contribution in [0.15, 0.2) is 42.5 Å². The number of hydrogen-bond acceptors (Lipinski definition) is 5. The summed E-state index contributed by atoms with van der Waals surface area (Å²) < 4.78 is 18.0. The van der Waals surface area contributed by atoms with Crippen molar-refractivity contribution in [3.8, 4) is 0 Å². The third-order valence-electron chi connectivity index (χ3n) is 3.16. The molecule has 0 saturated heterocycles. The number of halogens is 2. The number of amides is 1. The second kappa shape index (κ2) is 7.71. The Morgan fingerprint density at radius 3 is 2.44 bits per heavy atom. The summed E-state index contributed by atoms with van der Waals surface area (Å²) in [6.45, 7) is 1.34. The SMILES string of the molecule is C[C@@H](OC(=O)c1ccc([N+](=O)[O-])cc1)C(=O)Nc1ccc(F)cc1Cl. The Hall–Kier alpha value is -3.00. The molecule has 1 N–H and O–H groups in total. The Bertz CT molecular complexity index is 826. The van der Waals surface area contributed by atoms with Gasteiger partial charge in [0.15, 0.2) is 6.10 Å². The van der Waals surface area contributed by atoms with Crippen molar-refractivity contribution in [2.24, 2.45) is 0 Å². The number of benzene rings is 2. The van der Waals surface area contributed by atoms with Crippen molar-refractivity contribution in [2.45, 2.75) is 13.0 Å². The fourth-order valence-electron chi connectivity index (χ4n) is 1.83. The van der Waals surface area contributed by atoms with Crippen LogP contribution in [0.1, 0.15) is 17.3 Å². The highest BCUT2D eigenvalue weighted by Crippen LogP contribution is 2.22. The Labute approximate surface area is 146 Å². The van der Waals surface area contributed by atoms with Crippen LogP contribution < -0.4 is 5.32 Å². The van der Waals surface area contributed by atoms with Crippen molar-refractivity contribution in [1.82, 2.24) is 0 Å². The van der Waals surface area contributed by atoms with Crippen molar-refractivity contribution < 1.29 is 23.6 Å². The van der Waals surface area contributed by atoms with E-state index in [-0.39, 0.29) is 22.0 Å². The maximum Gasteiger partial charge on any atom is 0.338 e. The molecule has 7 nitrogen and oxygen atoms in total. The first-order valence-electron chi connectivity index (χ1n) is 6.99. The van der Waals surface area contributed by atoms with Crippen LogP contribution >= 0.6 is 11.6 Å². The summed E-state index contributed by atoms with van der Waals surface area (Å²) >= 11 is 5.80. The van der Waals surface area contributed by atoms with Gasteiger partial charge in [-0.25, -0.2) is 9.18 Å². The predicted molar refractivity (Wildman–Crippen MR) is 88.0 cm³/mol. The number of carbonyl (C=O) groups excluding carboxylic acids is 2. The molecule has 130 valence electrons. The minimum absolute atomic E-state index is 0.00208. The first kappa shape index (κ1) is 18.3. The van der Waals surface area contributed by atoms with E-state index in [1.165, 1.54) is 25.1 Å². The van der Waals surface area contributed by atoms with Crippen molar-refractivity contribution in [2.75, 3.05) is 5.32 Å². The van der Waals surface area contributed by atoms with Gasteiger partial charge >= 0.3 is 5.97 Å². The zero-order valence-corrected chi connectivity index (χ0v) is 13.6. The molecule has 0 heterocycles. The van der Waals surface area contributed by atoms with E-state index < -0.39 is 28.7 Å². The molecule has 1 amide bonds. The van der Waals surface area contributed by atoms with E-state index >= 15 is 0 Å². The van der Waals surface area contributed by atoms with Crippen LogP contribution in [-0.2, 0) is 9.53 Å². The lowest BCUT2D eigenvalue weighted by Gasteiger charge is -2.14. The minimum atomic E-state index is -1.16. The lowest BCUT2D eigenvalue weighted by molar-refractivity contribution is -0.384. The molecule has 0 aliphatic heterocycles. The van der Waals surface area contributed by atoms with Crippen LogP contribution in [0.25, 0.3) is 0 Å². The van der Waals surface area contributed by atoms with Crippen LogP contribution in [0.3, 0.4) is 0 Å². The molecule has 0 unspecified atom stereocenters. The molecule has 2 rings (SSSR count). The fourth-order valence-corrected chi connectivity index (χ4v) is 2.04. The summed E-state index contributed by atoms with van der Waals surface area (Å²) in [6.07, 6.45) is -1.16. The second-order valence-corrected chi connectivity index (χ2v) is 5.37. The molecule has 0 aliphatic rings. The molecule has 0 saturated carbocycles. The average Bonchev–Trinajstić information content (AvgIpc) is 2.57. The van der Waals surface area contributed by atoms with Gasteiger partial charge in [-0.15, -0.1) is 0 Å². The Morgan fingerprint density at radius 1 is 1.24 bits per heavy atom. The molecule has 1 atom stereocenters. The lowest BCUT2D eigenvalue weighted by atomic mass is 10.2. The van der Waals surface area contributed by atoms with Gasteiger partial charge in [-0.1, -0.05) is 11.6 Å². The van der Waals surface area contributed by atoms with Gasteiger partial charge in [-0.05, 0) is 37.3 Å². The van der Waals surface area contributed by atoms with E-state index in [1.807, 2.05) is 0 Å². The summed E-state index contributed by atoms with van der Waals surface area (Å²) in [6, 6.07) is 8.18. The Balaban J connectivity index is 2.00. The van der Waals surface area contributed by atoms with Crippen LogP contribution in [-0.4, -0.2) is 22.9 Å². The molecule has 0 bridgehead atoms. The highest BCUT2D eigenvalue weighted by atomic mass is 35.5. The summed E-state index contributed by atoms with van der Waals surface area (Å²) in [5.74, 6) is -2.04. The molecule has 0 fully saturated rings. The number of carbonyl (C=O) groups is 2. The van der Waals surface area contributed by atoms with Gasteiger partial charge in [0.05, 0.1) is 21.2 Å². The topological polar surface area (TPSA) is 98.5 Å². The number of nitro benzene ring substituents is 1. The minimum Gasteiger partial charge on any atom is -0.449 e. The Morgan fingerprint density at radius 2 is 1.88 bits per heavy atom. The van der Waals surface area contributed by atoms with Gasteiger partial charge in [-0.2, -0.15) is 0 Å². The van der Waals surface area contributed by atoms with Gasteiger partial charge < -0.3 is 10.1 Å². The molecule has 9 heteroatoms. The molecular formula is C16H12ClFN2O5. The first-order chi connectivity index (χ1) is 11.8. The van der Waals surface area contributed by atoms with Gasteiger partial charge in [0.1, 0.15) is 5.82 Å². The van der Waals surface area contributed by atoms with Gasteiger partial charge in [0.25, 0.3) is 11.6 Å². The van der Waals surface area contributed by atoms with E-state index in [2.05, 4.69) is 5.32 Å². The number of nitrogens with zero attached hydrogens (tertiary/aromatic N) is 1. The molecule has 2 aromatic carbocycles. The predicted octanol–water partition coefficient (Wildman–Crippen LogP) is 3.57. The second-order valence-electron chi connectivity index (χ2n) is 4.96. The van der Waals surface area contributed by atoms with Crippen molar-refractivity contribution in [3.63, 3.8) is 0 Å². The molecule has 0 spiro atoms. The maximum atomic E-state index is 13.0. The normalized spacial score (nSPS) is 11.5. The van der Waals surface area contributed by atoms with Crippen LogP contribution in [0, 0.1) is 15.9 Å². The standard InChI is InChI=1S/C16H12ClFN2O5/c1-9(15(21)19-14-7-4-11(18)8-13(14)17)25-16(22)10-2-5-12(6-3-10)20(23)24/h2-9H,1H3,(H,19,21)/t9-/m1/s1. The van der Waals surface area contributed by atoms with E-state index in [0.717, 1.165) is 24.3 Å². The molecule has 0 aromatic heterocycles. The maximum absolute atomic E-state index is 13.0. The number of rotatable bonds is 5. The van der Waals surface area contributed by atoms with Crippen molar-refractivity contribution in [1.29, 1.82) is 0 Å². The molecule has 25 heavy (non-hydrogen) atoms. The average molecular weight is 367 g/mol. The quantitative estimate of drug-likeness (QED) is 0.495. The number of anilines is 1. The smallest absolute Gasteiger partial charge is 0.338 e. The fraction of sp³-hybridized carbons (Fsp3) is 0.125. The zero-order valence-electron chi connectivity index (χ0n) is 12.9. The molecule has 0 aliphatic carbocycles. The third-order valence-corrected chi connectivity index (χ3v) is 3.47. The summed E-state index contributed by atoms with van der Waals surface area (Å²) in [4.78, 5) is 34.0. The van der Waals surface area contributed by atoms with Crippen LogP contribution in [0.2, 0.25) is 5.02 Å². The number of nitrogens with one attached hydrogen (secondary N) is 1. The zero-order chi connectivity index (χ0) is 18.6. The number of nitro groups is 1. The monoisotopic (exact) mass is 366 g/mol. The lowest BCUT2D eigenvalue weighted by Crippen LogP contribution is -2.30. The highest BCUT2D eigenvalue weighted by Gasteiger charge is 2.20. The molecular weight excluding hydrogens is 355 g/mol. The summed E-state index contributed by atoms with van der Waals surface area (Å²) in [5.41, 5.74) is 0.0599. The van der Waals surface area contributed by atoms with E-state index in [4.69, 9.17) is 16.3 Å². The molecule has 0 radical (unpaired) electrons. The van der Waals surface area contributed by atoms with Crippen molar-refractivity contribution >= 4 is 34.9 Å². The van der Waals surface area contributed by atoms with Crippen LogP contribution in [0.4, 0.5) is 15.8 Å². The van der Waals surface area contributed by atoms with Gasteiger partial charge in [-0.3, -0.25) is 14.9 Å². The van der Waals surface area contributed by atoms with Crippen LogP contribution in [0.5, 0.6) is 0 Å².